The van der Waals surface area contributed by atoms with E-state index in [9.17, 15) is 0 Å². The number of aromatic nitrogens is 4. The Bertz CT molecular complexity index is 1360. The molecule has 0 radical (unpaired) electrons. The maximum atomic E-state index is 4.51. The van der Waals surface area contributed by atoms with Crippen LogP contribution in [0, 0.1) is 0 Å². The number of nitrogens with zero attached hydrogens (tertiary/aromatic N) is 4. The van der Waals surface area contributed by atoms with Gasteiger partial charge in [-0.2, -0.15) is 0 Å². The SMILES string of the molecule is CCCCCCCc1nnc(-c2ccc3cc4cc(-c5nnc(CCCCCCC)s5)ccc4cc3c2)s1. The van der Waals surface area contributed by atoms with Gasteiger partial charge < -0.3 is 0 Å². The lowest BCUT2D eigenvalue weighted by atomic mass is 10.0. The maximum Gasteiger partial charge on any atom is 0.147 e. The Morgan fingerprint density at radius 1 is 0.474 bits per heavy atom. The number of benzene rings is 3. The summed E-state index contributed by atoms with van der Waals surface area (Å²) < 4.78 is 0. The summed E-state index contributed by atoms with van der Waals surface area (Å²) >= 11 is 3.48. The summed E-state index contributed by atoms with van der Waals surface area (Å²) in [6.07, 6.45) is 14.9. The van der Waals surface area contributed by atoms with Crippen molar-refractivity contribution < 1.29 is 0 Å². The van der Waals surface area contributed by atoms with Gasteiger partial charge >= 0.3 is 0 Å². The molecule has 0 spiro atoms. The molecule has 2 heterocycles. The van der Waals surface area contributed by atoms with E-state index in [-0.39, 0.29) is 0 Å². The number of hydrogen-bond donors (Lipinski definition) is 0. The molecule has 0 amide bonds. The molecule has 0 saturated carbocycles. The van der Waals surface area contributed by atoms with Crippen LogP contribution in [0.3, 0.4) is 0 Å². The van der Waals surface area contributed by atoms with Crippen LogP contribution in [0.25, 0.3) is 42.7 Å². The maximum absolute atomic E-state index is 4.51. The van der Waals surface area contributed by atoms with Gasteiger partial charge in [0.25, 0.3) is 0 Å². The molecule has 0 N–H and O–H groups in total. The van der Waals surface area contributed by atoms with Crippen molar-refractivity contribution in [3.8, 4) is 21.1 Å². The van der Waals surface area contributed by atoms with E-state index < -0.39 is 0 Å². The smallest absolute Gasteiger partial charge is 0.143 e. The number of fused-ring (bicyclic) bond motifs is 2. The standard InChI is InChI=1S/C32H38N4S2/c1-3-5-7-9-11-13-29-33-35-31(37-29)25-17-15-23-20-28-22-26(18-16-24(28)19-27(23)21-25)32-36-34-30(38-32)14-12-10-8-6-4-2/h15-22H,3-14H2,1-2H3. The first-order valence-corrected chi connectivity index (χ1v) is 16.0. The molecule has 38 heavy (non-hydrogen) atoms. The lowest BCUT2D eigenvalue weighted by molar-refractivity contribution is 0.630. The van der Waals surface area contributed by atoms with Gasteiger partial charge in [-0.3, -0.25) is 0 Å². The average molecular weight is 543 g/mol. The topological polar surface area (TPSA) is 51.6 Å². The molecular formula is C32H38N4S2. The summed E-state index contributed by atoms with van der Waals surface area (Å²) in [5.74, 6) is 0. The molecule has 2 aromatic heterocycles. The molecule has 6 heteroatoms. The second-order valence-electron chi connectivity index (χ2n) is 10.3. The van der Waals surface area contributed by atoms with E-state index in [1.54, 1.807) is 22.7 Å². The predicted molar refractivity (Wildman–Crippen MR) is 164 cm³/mol. The Morgan fingerprint density at radius 2 is 0.921 bits per heavy atom. The van der Waals surface area contributed by atoms with Gasteiger partial charge in [-0.1, -0.05) is 112 Å². The third-order valence-electron chi connectivity index (χ3n) is 7.21. The van der Waals surface area contributed by atoms with Crippen molar-refractivity contribution in [2.24, 2.45) is 0 Å². The highest BCUT2D eigenvalue weighted by Gasteiger charge is 2.11. The van der Waals surface area contributed by atoms with Crippen molar-refractivity contribution in [2.75, 3.05) is 0 Å². The van der Waals surface area contributed by atoms with Gasteiger partial charge in [-0.15, -0.1) is 20.4 Å². The average Bonchev–Trinajstić information content (AvgIpc) is 3.61. The van der Waals surface area contributed by atoms with Gasteiger partial charge in [-0.05, 0) is 58.7 Å². The van der Waals surface area contributed by atoms with E-state index in [1.807, 2.05) is 0 Å². The van der Waals surface area contributed by atoms with Gasteiger partial charge in [0, 0.05) is 24.0 Å². The zero-order chi connectivity index (χ0) is 26.2. The van der Waals surface area contributed by atoms with Crippen molar-refractivity contribution in [1.82, 2.24) is 20.4 Å². The van der Waals surface area contributed by atoms with Crippen molar-refractivity contribution in [3.05, 3.63) is 58.5 Å². The molecule has 0 fully saturated rings. The monoisotopic (exact) mass is 542 g/mol. The highest BCUT2D eigenvalue weighted by Crippen LogP contribution is 2.33. The molecule has 0 saturated heterocycles. The summed E-state index contributed by atoms with van der Waals surface area (Å²) in [5, 5.41) is 27.2. The number of rotatable bonds is 14. The van der Waals surface area contributed by atoms with Gasteiger partial charge in [0.15, 0.2) is 0 Å². The lowest BCUT2D eigenvalue weighted by Crippen LogP contribution is -1.85. The van der Waals surface area contributed by atoms with Crippen LogP contribution in [0.1, 0.15) is 88.1 Å². The Morgan fingerprint density at radius 3 is 1.37 bits per heavy atom. The minimum atomic E-state index is 1.02. The predicted octanol–water partition coefficient (Wildman–Crippen LogP) is 10.1. The normalized spacial score (nSPS) is 11.6. The number of aryl methyl sites for hydroxylation is 2. The Labute approximate surface area is 234 Å². The fraction of sp³-hybridized carbons (Fsp3) is 0.438. The summed E-state index contributed by atoms with van der Waals surface area (Å²) in [4.78, 5) is 0. The van der Waals surface area contributed by atoms with E-state index in [4.69, 9.17) is 0 Å². The van der Waals surface area contributed by atoms with Gasteiger partial charge in [0.1, 0.15) is 20.0 Å². The largest absolute Gasteiger partial charge is 0.147 e. The first kappa shape index (κ1) is 26.9. The van der Waals surface area contributed by atoms with Crippen molar-refractivity contribution >= 4 is 44.2 Å². The molecule has 5 aromatic rings. The zero-order valence-electron chi connectivity index (χ0n) is 22.7. The molecule has 0 aliphatic carbocycles. The molecule has 0 unspecified atom stereocenters. The fourth-order valence-electron chi connectivity index (χ4n) is 4.97. The minimum Gasteiger partial charge on any atom is -0.143 e. The molecule has 3 aromatic carbocycles. The first-order valence-electron chi connectivity index (χ1n) is 14.4. The summed E-state index contributed by atoms with van der Waals surface area (Å²) in [6.45, 7) is 4.51. The molecule has 0 aliphatic heterocycles. The number of hydrogen-bond acceptors (Lipinski definition) is 6. The molecule has 4 nitrogen and oxygen atoms in total. The third kappa shape index (κ3) is 6.83. The molecule has 0 atom stereocenters. The van der Waals surface area contributed by atoms with Crippen LogP contribution in [0.15, 0.2) is 48.5 Å². The summed E-state index contributed by atoms with van der Waals surface area (Å²) in [5.41, 5.74) is 2.30. The molecule has 198 valence electrons. The first-order chi connectivity index (χ1) is 18.7. The second-order valence-corrected chi connectivity index (χ2v) is 12.4. The van der Waals surface area contributed by atoms with Gasteiger partial charge in [0.2, 0.25) is 0 Å². The van der Waals surface area contributed by atoms with Crippen molar-refractivity contribution in [2.45, 2.75) is 90.9 Å². The van der Waals surface area contributed by atoms with Gasteiger partial charge in [-0.25, -0.2) is 0 Å². The van der Waals surface area contributed by atoms with Crippen LogP contribution in [0.4, 0.5) is 0 Å². The van der Waals surface area contributed by atoms with E-state index in [0.717, 1.165) is 44.0 Å². The van der Waals surface area contributed by atoms with Crippen LogP contribution in [-0.4, -0.2) is 20.4 Å². The summed E-state index contributed by atoms with van der Waals surface area (Å²) in [6, 6.07) is 17.9. The van der Waals surface area contributed by atoms with E-state index in [1.165, 1.54) is 85.8 Å². The highest BCUT2D eigenvalue weighted by atomic mass is 32.1. The molecule has 5 rings (SSSR count). The van der Waals surface area contributed by atoms with Crippen molar-refractivity contribution in [1.29, 1.82) is 0 Å². The van der Waals surface area contributed by atoms with Crippen LogP contribution >= 0.6 is 22.7 Å². The van der Waals surface area contributed by atoms with Crippen LogP contribution in [-0.2, 0) is 12.8 Å². The Kier molecular flexibility index (Phi) is 9.47. The van der Waals surface area contributed by atoms with Crippen LogP contribution in [0.5, 0.6) is 0 Å². The van der Waals surface area contributed by atoms with Crippen LogP contribution < -0.4 is 0 Å². The van der Waals surface area contributed by atoms with Crippen molar-refractivity contribution in [3.63, 3.8) is 0 Å². The Hall–Kier alpha value is -2.70. The van der Waals surface area contributed by atoms with Gasteiger partial charge in [0.05, 0.1) is 0 Å². The lowest BCUT2D eigenvalue weighted by Gasteiger charge is -2.06. The van der Waals surface area contributed by atoms with E-state index >= 15 is 0 Å². The molecular weight excluding hydrogens is 505 g/mol. The van der Waals surface area contributed by atoms with E-state index in [0.29, 0.717) is 0 Å². The summed E-state index contributed by atoms with van der Waals surface area (Å²) in [7, 11) is 0. The Balaban J connectivity index is 1.28. The number of unbranched alkanes of at least 4 members (excludes halogenated alkanes) is 8. The molecule has 0 aliphatic rings. The minimum absolute atomic E-state index is 1.02. The highest BCUT2D eigenvalue weighted by molar-refractivity contribution is 7.15. The zero-order valence-corrected chi connectivity index (χ0v) is 24.3. The van der Waals surface area contributed by atoms with Crippen LogP contribution in [0.2, 0.25) is 0 Å². The fourth-order valence-corrected chi connectivity index (χ4v) is 6.72. The van der Waals surface area contributed by atoms with E-state index in [2.05, 4.69) is 82.8 Å². The second kappa shape index (κ2) is 13.4. The third-order valence-corrected chi connectivity index (χ3v) is 9.28. The molecule has 0 bridgehead atoms. The quantitative estimate of drug-likeness (QED) is 0.103.